The van der Waals surface area contributed by atoms with Crippen molar-refractivity contribution in [3.63, 3.8) is 0 Å². The Balaban J connectivity index is 2.37. The van der Waals surface area contributed by atoms with Crippen LogP contribution in [0.25, 0.3) is 0 Å². The summed E-state index contributed by atoms with van der Waals surface area (Å²) in [7, 11) is 0. The standard InChI is InChI=1S/C14H10F4/c1-8-2-3-9(12(16)6-8)7-10-4-5-11(15)14(18)13(10)17/h2-6H,7H2,1H3. The Morgan fingerprint density at radius 1 is 0.778 bits per heavy atom. The van der Waals surface area contributed by atoms with E-state index in [9.17, 15) is 17.6 Å². The van der Waals surface area contributed by atoms with Crippen LogP contribution in [-0.2, 0) is 6.42 Å². The van der Waals surface area contributed by atoms with Crippen molar-refractivity contribution in [2.75, 3.05) is 0 Å². The second-order valence-corrected chi connectivity index (χ2v) is 4.11. The summed E-state index contributed by atoms with van der Waals surface area (Å²) in [5.41, 5.74) is 0.907. The quantitative estimate of drug-likeness (QED) is 0.558. The smallest absolute Gasteiger partial charge is 0.194 e. The maximum atomic E-state index is 13.6. The minimum absolute atomic E-state index is 0.0725. The Labute approximate surface area is 102 Å². The third-order valence-corrected chi connectivity index (χ3v) is 2.70. The van der Waals surface area contributed by atoms with E-state index in [-0.39, 0.29) is 17.5 Å². The van der Waals surface area contributed by atoms with E-state index < -0.39 is 23.3 Å². The van der Waals surface area contributed by atoms with Gasteiger partial charge in [-0.2, -0.15) is 0 Å². The average Bonchev–Trinajstić information content (AvgIpc) is 2.33. The van der Waals surface area contributed by atoms with E-state index in [0.717, 1.165) is 17.7 Å². The van der Waals surface area contributed by atoms with Crippen molar-refractivity contribution in [3.8, 4) is 0 Å². The second kappa shape index (κ2) is 4.80. The first-order chi connectivity index (χ1) is 8.49. The van der Waals surface area contributed by atoms with Crippen LogP contribution in [0.5, 0.6) is 0 Å². The molecule has 0 spiro atoms. The van der Waals surface area contributed by atoms with Crippen LogP contribution in [0.2, 0.25) is 0 Å². The van der Waals surface area contributed by atoms with Crippen LogP contribution in [0, 0.1) is 30.2 Å². The molecule has 0 atom stereocenters. The summed E-state index contributed by atoms with van der Waals surface area (Å²) in [5, 5.41) is 0. The largest absolute Gasteiger partial charge is 0.207 e. The molecular formula is C14H10F4. The van der Waals surface area contributed by atoms with E-state index >= 15 is 0 Å². The first-order valence-corrected chi connectivity index (χ1v) is 5.36. The van der Waals surface area contributed by atoms with Crippen molar-refractivity contribution in [1.29, 1.82) is 0 Å². The van der Waals surface area contributed by atoms with E-state index in [1.54, 1.807) is 13.0 Å². The monoisotopic (exact) mass is 254 g/mol. The fraction of sp³-hybridized carbons (Fsp3) is 0.143. The van der Waals surface area contributed by atoms with E-state index in [2.05, 4.69) is 0 Å². The molecule has 4 heteroatoms. The third kappa shape index (κ3) is 2.37. The maximum Gasteiger partial charge on any atom is 0.194 e. The van der Waals surface area contributed by atoms with Gasteiger partial charge in [0.25, 0.3) is 0 Å². The van der Waals surface area contributed by atoms with Crippen LogP contribution in [0.1, 0.15) is 16.7 Å². The minimum Gasteiger partial charge on any atom is -0.207 e. The molecule has 0 unspecified atom stereocenters. The zero-order valence-electron chi connectivity index (χ0n) is 9.61. The molecular weight excluding hydrogens is 244 g/mol. The van der Waals surface area contributed by atoms with Gasteiger partial charge in [0.05, 0.1) is 0 Å². The van der Waals surface area contributed by atoms with Gasteiger partial charge in [0.1, 0.15) is 5.82 Å². The zero-order chi connectivity index (χ0) is 13.3. The number of benzene rings is 2. The van der Waals surface area contributed by atoms with Crippen molar-refractivity contribution < 1.29 is 17.6 Å². The topological polar surface area (TPSA) is 0 Å². The normalized spacial score (nSPS) is 10.7. The van der Waals surface area contributed by atoms with Gasteiger partial charge in [-0.15, -0.1) is 0 Å². The highest BCUT2D eigenvalue weighted by molar-refractivity contribution is 5.31. The summed E-state index contributed by atoms with van der Waals surface area (Å²) in [4.78, 5) is 0. The van der Waals surface area contributed by atoms with Crippen molar-refractivity contribution >= 4 is 0 Å². The maximum absolute atomic E-state index is 13.6. The predicted molar refractivity (Wildman–Crippen MR) is 60.3 cm³/mol. The van der Waals surface area contributed by atoms with Gasteiger partial charge in [-0.1, -0.05) is 18.2 Å². The van der Waals surface area contributed by atoms with Crippen molar-refractivity contribution in [3.05, 3.63) is 70.3 Å². The number of aryl methyl sites for hydroxylation is 1. The van der Waals surface area contributed by atoms with Gasteiger partial charge < -0.3 is 0 Å². The molecule has 94 valence electrons. The first kappa shape index (κ1) is 12.6. The van der Waals surface area contributed by atoms with E-state index in [1.807, 2.05) is 0 Å². The fourth-order valence-electron chi connectivity index (χ4n) is 1.70. The fourth-order valence-corrected chi connectivity index (χ4v) is 1.70. The van der Waals surface area contributed by atoms with E-state index in [4.69, 9.17) is 0 Å². The third-order valence-electron chi connectivity index (χ3n) is 2.70. The molecule has 0 aliphatic rings. The molecule has 18 heavy (non-hydrogen) atoms. The van der Waals surface area contributed by atoms with E-state index in [1.165, 1.54) is 12.1 Å². The predicted octanol–water partition coefficient (Wildman–Crippen LogP) is 4.14. The number of rotatable bonds is 2. The van der Waals surface area contributed by atoms with Crippen LogP contribution in [0.3, 0.4) is 0 Å². The zero-order valence-corrected chi connectivity index (χ0v) is 9.61. The molecule has 2 aromatic rings. The summed E-state index contributed by atoms with van der Waals surface area (Å²) in [6, 6.07) is 6.45. The second-order valence-electron chi connectivity index (χ2n) is 4.11. The van der Waals surface area contributed by atoms with Gasteiger partial charge in [-0.3, -0.25) is 0 Å². The van der Waals surface area contributed by atoms with Crippen LogP contribution < -0.4 is 0 Å². The molecule has 0 aromatic heterocycles. The highest BCUT2D eigenvalue weighted by atomic mass is 19.2. The number of halogens is 4. The molecule has 0 nitrogen and oxygen atoms in total. The van der Waals surface area contributed by atoms with Gasteiger partial charge in [0.15, 0.2) is 17.5 Å². The molecule has 0 aliphatic heterocycles. The summed E-state index contributed by atoms with van der Waals surface area (Å²) >= 11 is 0. The Kier molecular flexibility index (Phi) is 3.36. The van der Waals surface area contributed by atoms with Gasteiger partial charge in [0, 0.05) is 6.42 Å². The molecule has 0 N–H and O–H groups in total. The van der Waals surface area contributed by atoms with Crippen LogP contribution in [-0.4, -0.2) is 0 Å². The first-order valence-electron chi connectivity index (χ1n) is 5.36. The lowest BCUT2D eigenvalue weighted by atomic mass is 10.0. The highest BCUT2D eigenvalue weighted by Crippen LogP contribution is 2.20. The molecule has 0 amide bonds. The Hall–Kier alpha value is -1.84. The lowest BCUT2D eigenvalue weighted by molar-refractivity contribution is 0.441. The molecule has 0 radical (unpaired) electrons. The summed E-state index contributed by atoms with van der Waals surface area (Å²) in [6.07, 6.45) is -0.116. The Morgan fingerprint density at radius 3 is 2.11 bits per heavy atom. The molecule has 2 rings (SSSR count). The molecule has 0 fully saturated rings. The lowest BCUT2D eigenvalue weighted by Crippen LogP contribution is -2.00. The van der Waals surface area contributed by atoms with Gasteiger partial charge in [-0.05, 0) is 35.7 Å². The van der Waals surface area contributed by atoms with Crippen LogP contribution >= 0.6 is 0 Å². The van der Waals surface area contributed by atoms with Gasteiger partial charge >= 0.3 is 0 Å². The lowest BCUT2D eigenvalue weighted by Gasteiger charge is -2.06. The Morgan fingerprint density at radius 2 is 1.44 bits per heavy atom. The van der Waals surface area contributed by atoms with Crippen molar-refractivity contribution in [1.82, 2.24) is 0 Å². The molecule has 0 aliphatic carbocycles. The molecule has 0 saturated heterocycles. The number of hydrogen-bond donors (Lipinski definition) is 0. The molecule has 2 aromatic carbocycles. The minimum atomic E-state index is -1.53. The van der Waals surface area contributed by atoms with Gasteiger partial charge in [0.2, 0.25) is 0 Å². The molecule has 0 saturated carbocycles. The average molecular weight is 254 g/mol. The Bertz CT molecular complexity index is 591. The van der Waals surface area contributed by atoms with E-state index in [0.29, 0.717) is 0 Å². The summed E-state index contributed by atoms with van der Waals surface area (Å²) < 4.78 is 52.7. The van der Waals surface area contributed by atoms with Gasteiger partial charge in [-0.25, -0.2) is 17.6 Å². The van der Waals surface area contributed by atoms with Crippen molar-refractivity contribution in [2.24, 2.45) is 0 Å². The number of hydrogen-bond acceptors (Lipinski definition) is 0. The molecule has 0 bridgehead atoms. The van der Waals surface area contributed by atoms with Crippen LogP contribution in [0.4, 0.5) is 17.6 Å². The molecule has 0 heterocycles. The van der Waals surface area contributed by atoms with Crippen LogP contribution in [0.15, 0.2) is 30.3 Å². The highest BCUT2D eigenvalue weighted by Gasteiger charge is 2.14. The summed E-state index contributed by atoms with van der Waals surface area (Å²) in [5.74, 6) is -4.53. The SMILES string of the molecule is Cc1ccc(Cc2ccc(F)c(F)c2F)c(F)c1. The van der Waals surface area contributed by atoms with Crippen molar-refractivity contribution in [2.45, 2.75) is 13.3 Å². The summed E-state index contributed by atoms with van der Waals surface area (Å²) in [6.45, 7) is 1.73.